The minimum Gasteiger partial charge on any atom is -0.456 e. The largest absolute Gasteiger partial charge is 0.456 e. The number of nitrogens with zero attached hydrogens (tertiary/aromatic N) is 1. The van der Waals surface area contributed by atoms with Crippen LogP contribution in [0.15, 0.2) is 217 Å². The van der Waals surface area contributed by atoms with Gasteiger partial charge in [-0.15, -0.1) is 0 Å². The van der Waals surface area contributed by atoms with Crippen molar-refractivity contribution in [2.24, 2.45) is 0 Å². The van der Waals surface area contributed by atoms with Crippen molar-refractivity contribution >= 4 is 39.0 Å². The Morgan fingerprint density at radius 3 is 1.71 bits per heavy atom. The molecule has 1 heterocycles. The van der Waals surface area contributed by atoms with Gasteiger partial charge in [0.2, 0.25) is 0 Å². The van der Waals surface area contributed by atoms with Gasteiger partial charge in [0, 0.05) is 33.1 Å². The fourth-order valence-electron chi connectivity index (χ4n) is 9.52. The van der Waals surface area contributed by atoms with Crippen molar-refractivity contribution in [3.8, 4) is 55.6 Å². The van der Waals surface area contributed by atoms with E-state index in [1.807, 2.05) is 6.07 Å². The summed E-state index contributed by atoms with van der Waals surface area (Å²) in [5.41, 5.74) is 19.7. The molecule has 0 spiro atoms. The number of hydrogen-bond donors (Lipinski definition) is 0. The lowest BCUT2D eigenvalue weighted by Gasteiger charge is -2.31. The van der Waals surface area contributed by atoms with Gasteiger partial charge in [-0.05, 0) is 104 Å². The minimum atomic E-state index is -0.190. The zero-order valence-electron chi connectivity index (χ0n) is 33.1. The second-order valence-electron chi connectivity index (χ2n) is 16.1. The Morgan fingerprint density at radius 1 is 0.373 bits per heavy atom. The Bertz CT molecular complexity index is 3170. The molecule has 1 aliphatic carbocycles. The number of anilines is 3. The van der Waals surface area contributed by atoms with Gasteiger partial charge in [-0.2, -0.15) is 0 Å². The van der Waals surface area contributed by atoms with E-state index < -0.39 is 0 Å². The van der Waals surface area contributed by atoms with Crippen molar-refractivity contribution in [3.63, 3.8) is 0 Å². The van der Waals surface area contributed by atoms with Gasteiger partial charge in [0.25, 0.3) is 0 Å². The fourth-order valence-corrected chi connectivity index (χ4v) is 9.52. The summed E-state index contributed by atoms with van der Waals surface area (Å²) < 4.78 is 6.36. The maximum atomic E-state index is 6.36. The van der Waals surface area contributed by atoms with Gasteiger partial charge in [-0.1, -0.05) is 184 Å². The number of fused-ring (bicyclic) bond motifs is 6. The normalized spacial score (nSPS) is 12.7. The third kappa shape index (κ3) is 5.79. The Morgan fingerprint density at radius 2 is 0.915 bits per heavy atom. The van der Waals surface area contributed by atoms with Crippen LogP contribution in [0.1, 0.15) is 25.0 Å². The van der Waals surface area contributed by atoms with Crippen LogP contribution in [-0.4, -0.2) is 0 Å². The van der Waals surface area contributed by atoms with E-state index in [0.717, 1.165) is 50.1 Å². The molecule has 9 aromatic carbocycles. The Balaban J connectivity index is 1.20. The Kier molecular flexibility index (Phi) is 8.20. The van der Waals surface area contributed by atoms with Crippen LogP contribution in [-0.2, 0) is 5.41 Å². The molecule has 0 radical (unpaired) electrons. The zero-order chi connectivity index (χ0) is 39.5. The molecule has 0 amide bonds. The van der Waals surface area contributed by atoms with Crippen LogP contribution >= 0.6 is 0 Å². The average Bonchev–Trinajstić information content (AvgIpc) is 3.78. The molecule has 0 saturated heterocycles. The third-order valence-corrected chi connectivity index (χ3v) is 12.3. The topological polar surface area (TPSA) is 16.4 Å². The van der Waals surface area contributed by atoms with E-state index in [4.69, 9.17) is 4.42 Å². The molecule has 1 aliphatic rings. The van der Waals surface area contributed by atoms with E-state index in [-0.39, 0.29) is 5.41 Å². The minimum absolute atomic E-state index is 0.190. The van der Waals surface area contributed by atoms with Gasteiger partial charge in [0.05, 0.1) is 5.69 Å². The second-order valence-corrected chi connectivity index (χ2v) is 16.1. The van der Waals surface area contributed by atoms with Crippen LogP contribution < -0.4 is 4.90 Å². The van der Waals surface area contributed by atoms with Crippen molar-refractivity contribution in [3.05, 3.63) is 223 Å². The smallest absolute Gasteiger partial charge is 0.135 e. The van der Waals surface area contributed by atoms with E-state index in [0.29, 0.717) is 0 Å². The summed E-state index contributed by atoms with van der Waals surface area (Å²) in [6, 6.07) is 77.0. The summed E-state index contributed by atoms with van der Waals surface area (Å²) in [5.74, 6) is 0. The molecule has 11 rings (SSSR count). The molecule has 0 N–H and O–H groups in total. The molecule has 2 heteroatoms. The Hall–Kier alpha value is -7.42. The van der Waals surface area contributed by atoms with E-state index >= 15 is 0 Å². The maximum absolute atomic E-state index is 6.36. The van der Waals surface area contributed by atoms with Crippen LogP contribution in [0, 0.1) is 0 Å². The molecule has 1 aromatic heterocycles. The highest BCUT2D eigenvalue weighted by Gasteiger charge is 2.38. The molecular weight excluding hydrogens is 715 g/mol. The Labute approximate surface area is 345 Å². The second kappa shape index (κ2) is 13.9. The van der Waals surface area contributed by atoms with Gasteiger partial charge in [-0.25, -0.2) is 0 Å². The lowest BCUT2D eigenvalue weighted by molar-refractivity contribution is 0.662. The van der Waals surface area contributed by atoms with Gasteiger partial charge >= 0.3 is 0 Å². The van der Waals surface area contributed by atoms with E-state index in [1.165, 1.54) is 55.6 Å². The number of benzene rings is 9. The van der Waals surface area contributed by atoms with Crippen LogP contribution in [0.25, 0.3) is 77.6 Å². The standard InChI is InChI=1S/C57H41NO/c1-57(2)51-27-11-9-22-45(51)48-25-14-26-49(56(48)57)47-24-15-28-52(55(47)41-32-30-40(31-33-41)38-16-5-3-6-17-38)58(43-21-13-20-42(36-43)39-18-7-4-8-19-39)44-34-35-54-50(37-44)46-23-10-12-29-53(46)59-54/h3-37H,1-2H3. The average molecular weight is 756 g/mol. The first-order chi connectivity index (χ1) is 29.0. The van der Waals surface area contributed by atoms with Crippen molar-refractivity contribution in [1.82, 2.24) is 0 Å². The molecule has 0 fully saturated rings. The number of furan rings is 1. The first-order valence-electron chi connectivity index (χ1n) is 20.4. The third-order valence-electron chi connectivity index (χ3n) is 12.3. The summed E-state index contributed by atoms with van der Waals surface area (Å²) >= 11 is 0. The first kappa shape index (κ1) is 34.8. The summed E-state index contributed by atoms with van der Waals surface area (Å²) in [7, 11) is 0. The van der Waals surface area contributed by atoms with Gasteiger partial charge < -0.3 is 9.32 Å². The molecule has 59 heavy (non-hydrogen) atoms. The van der Waals surface area contributed by atoms with Gasteiger partial charge in [-0.3, -0.25) is 0 Å². The quantitative estimate of drug-likeness (QED) is 0.161. The van der Waals surface area contributed by atoms with Crippen LogP contribution in [0.3, 0.4) is 0 Å². The predicted octanol–water partition coefficient (Wildman–Crippen LogP) is 16.0. The van der Waals surface area contributed by atoms with Crippen molar-refractivity contribution < 1.29 is 4.42 Å². The monoisotopic (exact) mass is 755 g/mol. The van der Waals surface area contributed by atoms with Crippen molar-refractivity contribution in [2.75, 3.05) is 4.90 Å². The predicted molar refractivity (Wildman–Crippen MR) is 248 cm³/mol. The molecule has 0 aliphatic heterocycles. The number of hydrogen-bond acceptors (Lipinski definition) is 2. The molecule has 0 atom stereocenters. The highest BCUT2D eigenvalue weighted by Crippen LogP contribution is 2.55. The number of para-hydroxylation sites is 1. The van der Waals surface area contributed by atoms with Crippen molar-refractivity contribution in [2.45, 2.75) is 19.3 Å². The molecular formula is C57H41NO. The number of rotatable bonds is 7. The summed E-state index contributed by atoms with van der Waals surface area (Å²) in [5, 5.41) is 2.20. The fraction of sp³-hybridized carbons (Fsp3) is 0.0526. The molecule has 0 saturated carbocycles. The first-order valence-corrected chi connectivity index (χ1v) is 20.4. The van der Waals surface area contributed by atoms with Crippen LogP contribution in [0.2, 0.25) is 0 Å². The molecule has 10 aromatic rings. The van der Waals surface area contributed by atoms with Gasteiger partial charge in [0.15, 0.2) is 0 Å². The van der Waals surface area contributed by atoms with E-state index in [2.05, 4.69) is 225 Å². The van der Waals surface area contributed by atoms with E-state index in [9.17, 15) is 0 Å². The molecule has 0 bridgehead atoms. The molecule has 0 unspecified atom stereocenters. The molecule has 2 nitrogen and oxygen atoms in total. The van der Waals surface area contributed by atoms with E-state index in [1.54, 1.807) is 0 Å². The summed E-state index contributed by atoms with van der Waals surface area (Å²) in [6.07, 6.45) is 0. The highest BCUT2D eigenvalue weighted by molar-refractivity contribution is 6.07. The maximum Gasteiger partial charge on any atom is 0.135 e. The lowest BCUT2D eigenvalue weighted by atomic mass is 9.77. The zero-order valence-corrected chi connectivity index (χ0v) is 33.1. The summed E-state index contributed by atoms with van der Waals surface area (Å²) in [4.78, 5) is 2.45. The van der Waals surface area contributed by atoms with Crippen molar-refractivity contribution in [1.29, 1.82) is 0 Å². The van der Waals surface area contributed by atoms with Gasteiger partial charge in [0.1, 0.15) is 11.2 Å². The SMILES string of the molecule is CC1(C)c2ccccc2-c2cccc(-c3cccc(N(c4cccc(-c5ccccc5)c4)c4ccc5oc6ccccc6c5c4)c3-c3ccc(-c4ccccc4)cc3)c21. The highest BCUT2D eigenvalue weighted by atomic mass is 16.3. The van der Waals surface area contributed by atoms with Crippen LogP contribution in [0.4, 0.5) is 17.1 Å². The lowest BCUT2D eigenvalue weighted by Crippen LogP contribution is -2.16. The molecule has 280 valence electrons. The summed E-state index contributed by atoms with van der Waals surface area (Å²) in [6.45, 7) is 4.76. The van der Waals surface area contributed by atoms with Crippen LogP contribution in [0.5, 0.6) is 0 Å².